The van der Waals surface area contributed by atoms with E-state index < -0.39 is 63.4 Å². The second kappa shape index (κ2) is 40.4. The Morgan fingerprint density at radius 3 is 1.32 bits per heavy atom. The SMILES string of the molecule is CCCCCCCCCCCCCCCCCCC(=O)OCC(COC(=O)CCCCCCCCCCCCCCCCCC)OP(=O)(O)OCCNC(=O)c1cccc(N2C(=O)C=CC2=O)c1. The number of rotatable bonds is 46. The number of ether oxygens (including phenoxy) is 2. The number of imide groups is 1. The van der Waals surface area contributed by atoms with E-state index in [1.54, 1.807) is 0 Å². The maximum Gasteiger partial charge on any atom is 0.472 e. The molecule has 0 aromatic heterocycles. The number of anilines is 1. The average molecular weight is 975 g/mol. The van der Waals surface area contributed by atoms with Gasteiger partial charge >= 0.3 is 19.8 Å². The Labute approximate surface area is 410 Å². The lowest BCUT2D eigenvalue weighted by Crippen LogP contribution is -2.31. The van der Waals surface area contributed by atoms with Crippen molar-refractivity contribution in [2.75, 3.05) is 31.3 Å². The Morgan fingerprint density at radius 1 is 0.574 bits per heavy atom. The van der Waals surface area contributed by atoms with Crippen molar-refractivity contribution in [3.63, 3.8) is 0 Å². The number of hydrogen-bond donors (Lipinski definition) is 2. The molecule has 0 saturated carbocycles. The summed E-state index contributed by atoms with van der Waals surface area (Å²) in [5.41, 5.74) is 0.381. The maximum atomic E-state index is 13.0. The van der Waals surface area contributed by atoms with Gasteiger partial charge in [0.1, 0.15) is 19.3 Å². The molecule has 388 valence electrons. The Kier molecular flexibility index (Phi) is 36.1. The molecule has 68 heavy (non-hydrogen) atoms. The van der Waals surface area contributed by atoms with E-state index in [4.69, 9.17) is 18.5 Å². The van der Waals surface area contributed by atoms with Gasteiger partial charge in [0.25, 0.3) is 17.7 Å². The number of nitrogens with one attached hydrogen (secondary N) is 1. The van der Waals surface area contributed by atoms with E-state index in [1.165, 1.54) is 178 Å². The van der Waals surface area contributed by atoms with Crippen molar-refractivity contribution < 1.29 is 52.0 Å². The molecule has 1 aliphatic rings. The van der Waals surface area contributed by atoms with Crippen LogP contribution < -0.4 is 10.2 Å². The minimum Gasteiger partial charge on any atom is -0.463 e. The summed E-state index contributed by atoms with van der Waals surface area (Å²) in [7, 11) is -4.77. The van der Waals surface area contributed by atoms with Crippen LogP contribution in [0.2, 0.25) is 0 Å². The van der Waals surface area contributed by atoms with Crippen LogP contribution in [0.4, 0.5) is 5.69 Å². The fourth-order valence-electron chi connectivity index (χ4n) is 8.35. The fraction of sp³-hybridized carbons (Fsp3) is 0.759. The molecule has 0 saturated heterocycles. The van der Waals surface area contributed by atoms with Crippen LogP contribution in [0.3, 0.4) is 0 Å². The van der Waals surface area contributed by atoms with Gasteiger partial charge in [-0.15, -0.1) is 0 Å². The quantitative estimate of drug-likeness (QED) is 0.0275. The van der Waals surface area contributed by atoms with Gasteiger partial charge in [-0.3, -0.25) is 33.0 Å². The summed E-state index contributed by atoms with van der Waals surface area (Å²) in [6, 6.07) is 5.92. The first-order valence-corrected chi connectivity index (χ1v) is 28.5. The highest BCUT2D eigenvalue weighted by molar-refractivity contribution is 7.47. The van der Waals surface area contributed by atoms with Crippen LogP contribution >= 0.6 is 7.82 Å². The average Bonchev–Trinajstić information content (AvgIpc) is 3.67. The molecule has 3 amide bonds. The molecule has 13 nitrogen and oxygen atoms in total. The van der Waals surface area contributed by atoms with Crippen molar-refractivity contribution in [1.82, 2.24) is 5.32 Å². The number of hydrogen-bond acceptors (Lipinski definition) is 10. The minimum atomic E-state index is -4.77. The van der Waals surface area contributed by atoms with Crippen LogP contribution in [-0.2, 0) is 42.3 Å². The van der Waals surface area contributed by atoms with Crippen LogP contribution in [0.25, 0.3) is 0 Å². The molecule has 14 heteroatoms. The molecule has 1 heterocycles. The molecular formula is C54H91N2O11P. The van der Waals surface area contributed by atoms with Gasteiger partial charge in [0.2, 0.25) is 0 Å². The Morgan fingerprint density at radius 2 is 0.941 bits per heavy atom. The van der Waals surface area contributed by atoms with Crippen molar-refractivity contribution in [3.8, 4) is 0 Å². The highest BCUT2D eigenvalue weighted by atomic mass is 31.2. The molecule has 1 aliphatic heterocycles. The largest absolute Gasteiger partial charge is 0.472 e. The lowest BCUT2D eigenvalue weighted by atomic mass is 10.0. The summed E-state index contributed by atoms with van der Waals surface area (Å²) in [5.74, 6) is -2.56. The molecule has 2 rings (SSSR count). The molecule has 2 N–H and O–H groups in total. The summed E-state index contributed by atoms with van der Waals surface area (Å²) < 4.78 is 34.3. The van der Waals surface area contributed by atoms with Crippen molar-refractivity contribution in [3.05, 3.63) is 42.0 Å². The van der Waals surface area contributed by atoms with Gasteiger partial charge in [-0.2, -0.15) is 0 Å². The number of benzene rings is 1. The Bertz CT molecular complexity index is 1530. The van der Waals surface area contributed by atoms with Gasteiger partial charge < -0.3 is 19.7 Å². The van der Waals surface area contributed by atoms with Crippen molar-refractivity contribution in [1.29, 1.82) is 0 Å². The predicted molar refractivity (Wildman–Crippen MR) is 271 cm³/mol. The molecule has 0 fully saturated rings. The minimum absolute atomic E-state index is 0.154. The van der Waals surface area contributed by atoms with Gasteiger partial charge in [0.05, 0.1) is 12.3 Å². The van der Waals surface area contributed by atoms with Gasteiger partial charge in [-0.1, -0.05) is 213 Å². The van der Waals surface area contributed by atoms with Gasteiger partial charge in [0, 0.05) is 37.1 Å². The summed E-state index contributed by atoms with van der Waals surface area (Å²) in [6.45, 7) is 3.07. The number of phosphoric acid groups is 1. The molecule has 1 aromatic rings. The van der Waals surface area contributed by atoms with Crippen molar-refractivity contribution >= 4 is 43.2 Å². The maximum absolute atomic E-state index is 13.0. The van der Waals surface area contributed by atoms with Gasteiger partial charge in [0.15, 0.2) is 0 Å². The van der Waals surface area contributed by atoms with Crippen LogP contribution in [0.5, 0.6) is 0 Å². The smallest absolute Gasteiger partial charge is 0.463 e. The second-order valence-corrected chi connectivity index (χ2v) is 20.1. The highest BCUT2D eigenvalue weighted by Gasteiger charge is 2.29. The van der Waals surface area contributed by atoms with E-state index >= 15 is 0 Å². The first-order valence-electron chi connectivity index (χ1n) is 27.0. The zero-order valence-corrected chi connectivity index (χ0v) is 43.2. The van der Waals surface area contributed by atoms with Crippen LogP contribution in [0.15, 0.2) is 36.4 Å². The number of unbranched alkanes of at least 4 members (excludes halogenated alkanes) is 30. The first kappa shape index (κ1) is 60.7. The zero-order chi connectivity index (χ0) is 49.3. The summed E-state index contributed by atoms with van der Waals surface area (Å²) >= 11 is 0. The Balaban J connectivity index is 1.70. The Hall–Kier alpha value is -3.38. The third kappa shape index (κ3) is 31.7. The molecule has 0 radical (unpaired) electrons. The van der Waals surface area contributed by atoms with Crippen LogP contribution in [0.1, 0.15) is 243 Å². The second-order valence-electron chi connectivity index (χ2n) is 18.7. The topological polar surface area (TPSA) is 175 Å². The van der Waals surface area contributed by atoms with Crippen LogP contribution in [0, 0.1) is 0 Å². The number of carbonyl (C=O) groups is 5. The molecule has 1 atom stereocenters. The lowest BCUT2D eigenvalue weighted by Gasteiger charge is -2.21. The third-order valence-corrected chi connectivity index (χ3v) is 13.5. The number of phosphoric ester groups is 1. The van der Waals surface area contributed by atoms with E-state index in [0.717, 1.165) is 55.6 Å². The van der Waals surface area contributed by atoms with Gasteiger partial charge in [-0.05, 0) is 31.0 Å². The van der Waals surface area contributed by atoms with Crippen molar-refractivity contribution in [2.24, 2.45) is 0 Å². The number of amides is 3. The van der Waals surface area contributed by atoms with Gasteiger partial charge in [-0.25, -0.2) is 9.46 Å². The summed E-state index contributed by atoms with van der Waals surface area (Å²) in [5, 5.41) is 2.56. The van der Waals surface area contributed by atoms with E-state index in [-0.39, 0.29) is 30.6 Å². The summed E-state index contributed by atoms with van der Waals surface area (Å²) in [4.78, 5) is 73.8. The first-order chi connectivity index (χ1) is 33.1. The molecule has 0 aliphatic carbocycles. The molecular weight excluding hydrogens is 884 g/mol. The monoisotopic (exact) mass is 975 g/mol. The molecule has 0 bridgehead atoms. The molecule has 1 unspecified atom stereocenters. The molecule has 0 spiro atoms. The standard InChI is InChI=1S/C54H91N2O11P/c1-3-5-7-9-11-13-15-17-19-21-23-25-27-29-31-33-38-52(59)64-45-49(46-65-53(60)39-34-32-30-28-26-24-22-20-18-16-14-12-10-8-6-4-2)67-68(62,63)66-43-42-55-54(61)47-36-35-37-48(44-47)56-50(57)40-41-51(56)58/h35-37,40-41,44,49H,3-34,38-39,42-43,45-46H2,1-2H3,(H,55,61)(H,62,63). The number of esters is 2. The van der Waals surface area contributed by atoms with E-state index in [9.17, 15) is 33.4 Å². The highest BCUT2D eigenvalue weighted by Crippen LogP contribution is 2.44. The van der Waals surface area contributed by atoms with Crippen molar-refractivity contribution in [2.45, 2.75) is 238 Å². The normalized spacial score (nSPS) is 13.4. The molecule has 1 aromatic carbocycles. The summed E-state index contributed by atoms with van der Waals surface area (Å²) in [6.07, 6.45) is 40.6. The number of carbonyl (C=O) groups excluding carboxylic acids is 5. The third-order valence-electron chi connectivity index (χ3n) is 12.4. The van der Waals surface area contributed by atoms with E-state index in [1.807, 2.05) is 0 Å². The van der Waals surface area contributed by atoms with Crippen LogP contribution in [-0.4, -0.2) is 67.0 Å². The zero-order valence-electron chi connectivity index (χ0n) is 42.3. The lowest BCUT2D eigenvalue weighted by molar-refractivity contribution is -0.152. The van der Waals surface area contributed by atoms with E-state index in [2.05, 4.69) is 19.2 Å². The number of nitrogens with zero attached hydrogens (tertiary/aromatic N) is 1. The fourth-order valence-corrected chi connectivity index (χ4v) is 9.23. The predicted octanol–water partition coefficient (Wildman–Crippen LogP) is 13.7. The van der Waals surface area contributed by atoms with E-state index in [0.29, 0.717) is 12.8 Å².